The van der Waals surface area contributed by atoms with Crippen LogP contribution in [0.2, 0.25) is 0 Å². The van der Waals surface area contributed by atoms with Crippen LogP contribution in [-0.2, 0) is 18.9 Å². The maximum absolute atomic E-state index is 5.76. The van der Waals surface area contributed by atoms with Crippen LogP contribution in [0.1, 0.15) is 12.8 Å². The van der Waals surface area contributed by atoms with Crippen molar-refractivity contribution in [2.45, 2.75) is 31.2 Å². The Morgan fingerprint density at radius 3 is 2.53 bits per heavy atom. The summed E-state index contributed by atoms with van der Waals surface area (Å²) in [4.78, 5) is 0. The van der Waals surface area contributed by atoms with E-state index < -0.39 is 0 Å². The maximum atomic E-state index is 5.76. The lowest BCUT2D eigenvalue weighted by atomic mass is 10.1. The fourth-order valence-corrected chi connectivity index (χ4v) is 2.27. The smallest absolute Gasteiger partial charge is 0.109 e. The van der Waals surface area contributed by atoms with Crippen molar-refractivity contribution in [3.63, 3.8) is 0 Å². The van der Waals surface area contributed by atoms with Gasteiger partial charge in [0.2, 0.25) is 0 Å². The van der Waals surface area contributed by atoms with E-state index in [2.05, 4.69) is 5.32 Å². The SMILES string of the molecule is CO[C@@H]1COC[C@H]1OCCOC1CCNCC1. The van der Waals surface area contributed by atoms with Crippen LogP contribution in [0, 0.1) is 0 Å². The molecule has 0 aromatic heterocycles. The molecule has 2 saturated heterocycles. The molecule has 0 aromatic rings. The number of ether oxygens (including phenoxy) is 4. The van der Waals surface area contributed by atoms with Gasteiger partial charge >= 0.3 is 0 Å². The molecule has 0 aromatic carbocycles. The summed E-state index contributed by atoms with van der Waals surface area (Å²) in [6.07, 6.45) is 2.75. The molecular weight excluding hydrogens is 222 g/mol. The van der Waals surface area contributed by atoms with E-state index in [0.29, 0.717) is 32.5 Å². The van der Waals surface area contributed by atoms with Gasteiger partial charge in [-0.2, -0.15) is 0 Å². The summed E-state index contributed by atoms with van der Waals surface area (Å²) in [6.45, 7) is 4.68. The fraction of sp³-hybridized carbons (Fsp3) is 1.00. The van der Waals surface area contributed by atoms with Gasteiger partial charge in [-0.3, -0.25) is 0 Å². The predicted octanol–water partition coefficient (Wildman–Crippen LogP) is 0.185. The molecule has 100 valence electrons. The Morgan fingerprint density at radius 2 is 1.76 bits per heavy atom. The van der Waals surface area contributed by atoms with Gasteiger partial charge in [0.25, 0.3) is 0 Å². The minimum Gasteiger partial charge on any atom is -0.376 e. The molecule has 0 aliphatic carbocycles. The molecule has 2 rings (SSSR count). The molecular formula is C12H23NO4. The molecule has 5 heteroatoms. The third kappa shape index (κ3) is 4.19. The molecule has 5 nitrogen and oxygen atoms in total. The average Bonchev–Trinajstić information content (AvgIpc) is 2.83. The van der Waals surface area contributed by atoms with E-state index in [1.165, 1.54) is 0 Å². The van der Waals surface area contributed by atoms with Crippen LogP contribution in [0.3, 0.4) is 0 Å². The highest BCUT2D eigenvalue weighted by molar-refractivity contribution is 4.76. The summed E-state index contributed by atoms with van der Waals surface area (Å²) in [5.74, 6) is 0. The van der Waals surface area contributed by atoms with Crippen molar-refractivity contribution >= 4 is 0 Å². The lowest BCUT2D eigenvalue weighted by molar-refractivity contribution is -0.0621. The van der Waals surface area contributed by atoms with Crippen LogP contribution in [0.15, 0.2) is 0 Å². The normalized spacial score (nSPS) is 30.9. The van der Waals surface area contributed by atoms with Crippen molar-refractivity contribution in [3.05, 3.63) is 0 Å². The largest absolute Gasteiger partial charge is 0.376 e. The molecule has 0 unspecified atom stereocenters. The van der Waals surface area contributed by atoms with E-state index in [1.807, 2.05) is 0 Å². The minimum atomic E-state index is 0.0663. The van der Waals surface area contributed by atoms with Crippen molar-refractivity contribution in [1.82, 2.24) is 5.32 Å². The van der Waals surface area contributed by atoms with E-state index in [1.54, 1.807) is 7.11 Å². The van der Waals surface area contributed by atoms with E-state index in [-0.39, 0.29) is 12.2 Å². The summed E-state index contributed by atoms with van der Waals surface area (Å²) in [7, 11) is 1.70. The van der Waals surface area contributed by atoms with Crippen molar-refractivity contribution in [3.8, 4) is 0 Å². The Balaban J connectivity index is 1.53. The number of hydrogen-bond donors (Lipinski definition) is 1. The van der Waals surface area contributed by atoms with Gasteiger partial charge in [-0.25, -0.2) is 0 Å². The molecule has 1 N–H and O–H groups in total. The van der Waals surface area contributed by atoms with Gasteiger partial charge in [-0.05, 0) is 25.9 Å². The van der Waals surface area contributed by atoms with Crippen molar-refractivity contribution < 1.29 is 18.9 Å². The van der Waals surface area contributed by atoms with E-state index in [9.17, 15) is 0 Å². The Labute approximate surface area is 103 Å². The monoisotopic (exact) mass is 245 g/mol. The summed E-state index contributed by atoms with van der Waals surface area (Å²) in [5, 5.41) is 3.32. The zero-order valence-corrected chi connectivity index (χ0v) is 10.5. The Morgan fingerprint density at radius 1 is 1.06 bits per heavy atom. The predicted molar refractivity (Wildman–Crippen MR) is 63.2 cm³/mol. The number of methoxy groups -OCH3 is 1. The van der Waals surface area contributed by atoms with Gasteiger partial charge in [0.05, 0.1) is 32.5 Å². The molecule has 0 amide bonds. The molecule has 0 saturated carbocycles. The van der Waals surface area contributed by atoms with Crippen molar-refractivity contribution in [2.75, 3.05) is 46.6 Å². The summed E-state index contributed by atoms with van der Waals surface area (Å²) >= 11 is 0. The lowest BCUT2D eigenvalue weighted by Gasteiger charge is -2.23. The zero-order chi connectivity index (χ0) is 11.9. The van der Waals surface area contributed by atoms with Gasteiger partial charge in [-0.1, -0.05) is 0 Å². The second kappa shape index (κ2) is 7.28. The van der Waals surface area contributed by atoms with Crippen molar-refractivity contribution in [1.29, 1.82) is 0 Å². The highest BCUT2D eigenvalue weighted by Crippen LogP contribution is 2.13. The summed E-state index contributed by atoms with van der Waals surface area (Å²) in [6, 6.07) is 0. The van der Waals surface area contributed by atoms with E-state index in [0.717, 1.165) is 25.9 Å². The van der Waals surface area contributed by atoms with Gasteiger partial charge in [0.1, 0.15) is 12.2 Å². The van der Waals surface area contributed by atoms with Gasteiger partial charge in [0.15, 0.2) is 0 Å². The Hall–Kier alpha value is -0.200. The van der Waals surface area contributed by atoms with Crippen LogP contribution in [-0.4, -0.2) is 64.9 Å². The standard InChI is InChI=1S/C12H23NO4/c1-14-11-8-15-9-12(11)17-7-6-16-10-2-4-13-5-3-10/h10-13H,2-9H2,1H3/t11-,12-/m1/s1. The first-order chi connectivity index (χ1) is 8.40. The number of nitrogens with one attached hydrogen (secondary N) is 1. The number of piperidine rings is 1. The first kappa shape index (κ1) is 13.2. The Kier molecular flexibility index (Phi) is 5.67. The molecule has 0 bridgehead atoms. The Bertz CT molecular complexity index is 209. The van der Waals surface area contributed by atoms with Gasteiger partial charge < -0.3 is 24.3 Å². The first-order valence-corrected chi connectivity index (χ1v) is 6.44. The topological polar surface area (TPSA) is 49.0 Å². The molecule has 17 heavy (non-hydrogen) atoms. The average molecular weight is 245 g/mol. The van der Waals surface area contributed by atoms with E-state index in [4.69, 9.17) is 18.9 Å². The van der Waals surface area contributed by atoms with Gasteiger partial charge in [0, 0.05) is 7.11 Å². The molecule has 2 aliphatic rings. The zero-order valence-electron chi connectivity index (χ0n) is 10.5. The highest BCUT2D eigenvalue weighted by Gasteiger charge is 2.28. The molecule has 0 radical (unpaired) electrons. The molecule has 2 aliphatic heterocycles. The van der Waals surface area contributed by atoms with Crippen molar-refractivity contribution in [2.24, 2.45) is 0 Å². The second-order valence-electron chi connectivity index (χ2n) is 4.54. The molecule has 2 heterocycles. The summed E-state index contributed by atoms with van der Waals surface area (Å²) in [5.41, 5.74) is 0. The van der Waals surface area contributed by atoms with Crippen LogP contribution >= 0.6 is 0 Å². The fourth-order valence-electron chi connectivity index (χ4n) is 2.27. The third-order valence-electron chi connectivity index (χ3n) is 3.34. The molecule has 0 spiro atoms. The van der Waals surface area contributed by atoms with Crippen LogP contribution in [0.25, 0.3) is 0 Å². The number of hydrogen-bond acceptors (Lipinski definition) is 5. The van der Waals surface area contributed by atoms with E-state index >= 15 is 0 Å². The quantitative estimate of drug-likeness (QED) is 0.677. The first-order valence-electron chi connectivity index (χ1n) is 6.44. The molecule has 2 atom stereocenters. The van der Waals surface area contributed by atoms with Gasteiger partial charge in [-0.15, -0.1) is 0 Å². The van der Waals surface area contributed by atoms with Crippen LogP contribution in [0.5, 0.6) is 0 Å². The minimum absolute atomic E-state index is 0.0663. The van der Waals surface area contributed by atoms with Crippen LogP contribution in [0.4, 0.5) is 0 Å². The van der Waals surface area contributed by atoms with Crippen LogP contribution < -0.4 is 5.32 Å². The third-order valence-corrected chi connectivity index (χ3v) is 3.34. The number of rotatable bonds is 6. The maximum Gasteiger partial charge on any atom is 0.109 e. The highest BCUT2D eigenvalue weighted by atomic mass is 16.6. The second-order valence-corrected chi connectivity index (χ2v) is 4.54. The summed E-state index contributed by atoms with van der Waals surface area (Å²) < 4.78 is 22.1. The molecule has 2 fully saturated rings. The lowest BCUT2D eigenvalue weighted by Crippen LogP contribution is -2.34.